The molecule has 1 aliphatic heterocycles. The maximum absolute atomic E-state index is 4.70. The Labute approximate surface area is 167 Å². The number of halogens is 1. The molecule has 0 aromatic carbocycles. The van der Waals surface area contributed by atoms with E-state index >= 15 is 0 Å². The van der Waals surface area contributed by atoms with Crippen molar-refractivity contribution >= 4 is 41.3 Å². The fourth-order valence-corrected chi connectivity index (χ4v) is 3.60. The molecule has 0 aliphatic carbocycles. The van der Waals surface area contributed by atoms with E-state index in [1.807, 2.05) is 17.5 Å². The highest BCUT2D eigenvalue weighted by atomic mass is 127. The van der Waals surface area contributed by atoms with Crippen molar-refractivity contribution in [2.45, 2.75) is 46.0 Å². The van der Waals surface area contributed by atoms with Crippen LogP contribution in [0.5, 0.6) is 0 Å². The number of guanidine groups is 1. The predicted molar refractivity (Wildman–Crippen MR) is 115 cm³/mol. The van der Waals surface area contributed by atoms with Crippen LogP contribution in [-0.2, 0) is 12.8 Å². The lowest BCUT2D eigenvalue weighted by Crippen LogP contribution is -2.39. The van der Waals surface area contributed by atoms with Crippen LogP contribution in [0, 0.1) is 0 Å². The Kier molecular flexibility index (Phi) is 11.6. The van der Waals surface area contributed by atoms with Gasteiger partial charge in [0, 0.05) is 37.1 Å². The fourth-order valence-electron chi connectivity index (χ4n) is 2.74. The molecule has 2 rings (SSSR count). The molecular weight excluding hydrogens is 433 g/mol. The van der Waals surface area contributed by atoms with E-state index in [9.17, 15) is 0 Å². The molecule has 0 amide bonds. The molecule has 2 N–H and O–H groups in total. The fraction of sp³-hybridized carbons (Fsp3) is 0.765. The topological polar surface area (TPSA) is 52.6 Å². The lowest BCUT2D eigenvalue weighted by atomic mass is 10.1. The number of piperidine rings is 1. The second-order valence-corrected chi connectivity index (χ2v) is 7.11. The lowest BCUT2D eigenvalue weighted by Gasteiger charge is -2.25. The van der Waals surface area contributed by atoms with Crippen molar-refractivity contribution in [1.82, 2.24) is 20.5 Å². The van der Waals surface area contributed by atoms with Gasteiger partial charge in [-0.1, -0.05) is 13.3 Å². The van der Waals surface area contributed by atoms with E-state index in [-0.39, 0.29) is 24.0 Å². The molecule has 0 atom stereocenters. The number of nitrogens with one attached hydrogen (secondary N) is 2. The van der Waals surface area contributed by atoms with Crippen LogP contribution in [0.15, 0.2) is 11.2 Å². The smallest absolute Gasteiger partial charge is 0.191 e. The Morgan fingerprint density at radius 1 is 1.25 bits per heavy atom. The molecule has 2 heterocycles. The maximum atomic E-state index is 4.70. The molecule has 1 saturated heterocycles. The minimum atomic E-state index is 0. The Bertz CT molecular complexity index is 471. The van der Waals surface area contributed by atoms with E-state index in [1.54, 1.807) is 0 Å². The van der Waals surface area contributed by atoms with Crippen molar-refractivity contribution in [3.63, 3.8) is 0 Å². The molecule has 0 bridgehead atoms. The average Bonchev–Trinajstić information content (AvgIpc) is 3.04. The third-order valence-electron chi connectivity index (χ3n) is 4.06. The molecule has 1 fully saturated rings. The van der Waals surface area contributed by atoms with Crippen LogP contribution in [-0.4, -0.2) is 55.1 Å². The van der Waals surface area contributed by atoms with Crippen molar-refractivity contribution < 1.29 is 0 Å². The number of thiazole rings is 1. The van der Waals surface area contributed by atoms with E-state index < -0.39 is 0 Å². The molecule has 0 unspecified atom stereocenters. The van der Waals surface area contributed by atoms with Crippen molar-refractivity contribution in [3.8, 4) is 0 Å². The zero-order valence-corrected chi connectivity index (χ0v) is 18.2. The van der Waals surface area contributed by atoms with E-state index in [4.69, 9.17) is 4.99 Å². The van der Waals surface area contributed by atoms with Gasteiger partial charge in [-0.2, -0.15) is 0 Å². The van der Waals surface area contributed by atoms with E-state index in [0.29, 0.717) is 0 Å². The van der Waals surface area contributed by atoms with E-state index in [2.05, 4.69) is 34.4 Å². The Hall–Kier alpha value is -0.410. The Morgan fingerprint density at radius 2 is 2.04 bits per heavy atom. The monoisotopic (exact) mass is 465 g/mol. The average molecular weight is 465 g/mol. The van der Waals surface area contributed by atoms with Crippen LogP contribution in [0.3, 0.4) is 0 Å². The summed E-state index contributed by atoms with van der Waals surface area (Å²) in [6, 6.07) is 0. The molecule has 0 spiro atoms. The molecule has 1 aromatic heterocycles. The third-order valence-corrected chi connectivity index (χ3v) is 5.26. The number of nitrogens with zero attached hydrogens (tertiary/aromatic N) is 3. The summed E-state index contributed by atoms with van der Waals surface area (Å²) in [5.74, 6) is 0.928. The zero-order valence-electron chi connectivity index (χ0n) is 15.0. The number of hydrogen-bond donors (Lipinski definition) is 2. The summed E-state index contributed by atoms with van der Waals surface area (Å²) in [7, 11) is 0. The standard InChI is InChI=1S/C17H31N5S.HI/c1-3-15-14-21-16(23-15)8-9-19-17(18-4-2)20-10-13-22-11-6-5-7-12-22;/h14H,3-13H2,1-2H3,(H2,18,19,20);1H. The van der Waals surface area contributed by atoms with Gasteiger partial charge in [-0.25, -0.2) is 4.98 Å². The van der Waals surface area contributed by atoms with E-state index in [0.717, 1.165) is 45.0 Å². The second-order valence-electron chi connectivity index (χ2n) is 5.91. The van der Waals surface area contributed by atoms with Gasteiger partial charge in [0.25, 0.3) is 0 Å². The van der Waals surface area contributed by atoms with E-state index in [1.165, 1.54) is 42.2 Å². The first kappa shape index (κ1) is 21.6. The van der Waals surface area contributed by atoms with Gasteiger partial charge in [-0.3, -0.25) is 4.99 Å². The summed E-state index contributed by atoms with van der Waals surface area (Å²) < 4.78 is 0. The molecule has 1 aliphatic rings. The van der Waals surface area contributed by atoms with Gasteiger partial charge < -0.3 is 15.5 Å². The number of aromatic nitrogens is 1. The number of aryl methyl sites for hydroxylation is 1. The summed E-state index contributed by atoms with van der Waals surface area (Å²) in [6.07, 6.45) is 8.11. The number of hydrogen-bond acceptors (Lipinski definition) is 4. The number of rotatable bonds is 8. The highest BCUT2D eigenvalue weighted by Gasteiger charge is 2.09. The van der Waals surface area contributed by atoms with Crippen LogP contribution in [0.1, 0.15) is 43.0 Å². The third kappa shape index (κ3) is 8.11. The maximum Gasteiger partial charge on any atom is 0.191 e. The summed E-state index contributed by atoms with van der Waals surface area (Å²) in [5.41, 5.74) is 0. The molecule has 0 saturated carbocycles. The van der Waals surface area contributed by atoms with Gasteiger partial charge in [0.1, 0.15) is 0 Å². The summed E-state index contributed by atoms with van der Waals surface area (Å²) in [5, 5.41) is 7.95. The summed E-state index contributed by atoms with van der Waals surface area (Å²) in [4.78, 5) is 13.0. The highest BCUT2D eigenvalue weighted by molar-refractivity contribution is 14.0. The van der Waals surface area contributed by atoms with Crippen molar-refractivity contribution in [2.75, 3.05) is 39.3 Å². The predicted octanol–water partition coefficient (Wildman–Crippen LogP) is 2.91. The first-order valence-electron chi connectivity index (χ1n) is 9.00. The minimum absolute atomic E-state index is 0. The van der Waals surface area contributed by atoms with Crippen LogP contribution in [0.2, 0.25) is 0 Å². The van der Waals surface area contributed by atoms with Gasteiger partial charge in [-0.05, 0) is 39.3 Å². The van der Waals surface area contributed by atoms with Gasteiger partial charge in [0.2, 0.25) is 0 Å². The van der Waals surface area contributed by atoms with Gasteiger partial charge in [0.05, 0.1) is 11.6 Å². The largest absolute Gasteiger partial charge is 0.357 e. The minimum Gasteiger partial charge on any atom is -0.357 e. The summed E-state index contributed by atoms with van der Waals surface area (Å²) in [6.45, 7) is 10.5. The first-order chi connectivity index (χ1) is 11.3. The normalized spacial score (nSPS) is 15.8. The molecule has 5 nitrogen and oxygen atoms in total. The number of aliphatic imine (C=N–C) groups is 1. The Balaban J connectivity index is 0.00000288. The van der Waals surface area contributed by atoms with Gasteiger partial charge in [-0.15, -0.1) is 35.3 Å². The van der Waals surface area contributed by atoms with Crippen molar-refractivity contribution in [1.29, 1.82) is 0 Å². The lowest BCUT2D eigenvalue weighted by molar-refractivity contribution is 0.235. The van der Waals surface area contributed by atoms with Crippen molar-refractivity contribution in [2.24, 2.45) is 4.99 Å². The van der Waals surface area contributed by atoms with Gasteiger partial charge in [0.15, 0.2) is 5.96 Å². The molecular formula is C17H32IN5S. The molecule has 0 radical (unpaired) electrons. The Morgan fingerprint density at radius 3 is 2.71 bits per heavy atom. The SMILES string of the molecule is CCNC(=NCCN1CCCCC1)NCCc1ncc(CC)s1.I. The quantitative estimate of drug-likeness (QED) is 0.352. The molecule has 24 heavy (non-hydrogen) atoms. The highest BCUT2D eigenvalue weighted by Crippen LogP contribution is 2.13. The van der Waals surface area contributed by atoms with Crippen molar-refractivity contribution in [3.05, 3.63) is 16.1 Å². The molecule has 138 valence electrons. The number of likely N-dealkylation sites (tertiary alicyclic amines) is 1. The van der Waals surface area contributed by atoms with Crippen LogP contribution < -0.4 is 10.6 Å². The van der Waals surface area contributed by atoms with Crippen LogP contribution in [0.25, 0.3) is 0 Å². The molecule has 1 aromatic rings. The second kappa shape index (κ2) is 12.9. The first-order valence-corrected chi connectivity index (χ1v) is 9.81. The molecule has 7 heteroatoms. The van der Waals surface area contributed by atoms with Crippen LogP contribution >= 0.6 is 35.3 Å². The zero-order chi connectivity index (χ0) is 16.3. The van der Waals surface area contributed by atoms with Gasteiger partial charge >= 0.3 is 0 Å². The summed E-state index contributed by atoms with van der Waals surface area (Å²) >= 11 is 1.82. The van der Waals surface area contributed by atoms with Crippen LogP contribution in [0.4, 0.5) is 0 Å².